The Kier molecular flexibility index (Phi) is 27.3. The fourth-order valence-corrected chi connectivity index (χ4v) is 4.89. The van der Waals surface area contributed by atoms with Crippen LogP contribution < -0.4 is 0 Å². The number of carboxylic acid groups (broad SMARTS) is 1. The van der Waals surface area contributed by atoms with Gasteiger partial charge in [0.05, 0.1) is 5.92 Å². The fourth-order valence-electron chi connectivity index (χ4n) is 4.89. The molecule has 0 saturated carbocycles. The lowest BCUT2D eigenvalue weighted by Gasteiger charge is -2.06. The highest BCUT2D eigenvalue weighted by Gasteiger charge is 2.09. The fraction of sp³-hybridized carbons (Fsp3) is 0.968. The van der Waals surface area contributed by atoms with E-state index in [0.717, 1.165) is 12.8 Å². The topological polar surface area (TPSA) is 37.3 Å². The first kappa shape index (κ1) is 32.5. The van der Waals surface area contributed by atoms with Gasteiger partial charge in [-0.3, -0.25) is 4.79 Å². The minimum absolute atomic E-state index is 0.167. The van der Waals surface area contributed by atoms with Gasteiger partial charge in [-0.1, -0.05) is 181 Å². The molecule has 0 saturated heterocycles. The summed E-state index contributed by atoms with van der Waals surface area (Å²) >= 11 is 0. The largest absolute Gasteiger partial charge is 0.481 e. The molecule has 2 heteroatoms. The summed E-state index contributed by atoms with van der Waals surface area (Å²) in [6.45, 7) is 4.12. The van der Waals surface area contributed by atoms with E-state index in [0.29, 0.717) is 0 Å². The molecule has 0 fully saturated rings. The van der Waals surface area contributed by atoms with Gasteiger partial charge in [-0.2, -0.15) is 0 Å². The standard InChI is InChI=1S/C31H62O2/c1-3-4-5-6-7-8-9-10-11-12-13-14-15-16-17-18-19-20-21-22-23-24-25-26-27-28-29-30(2)31(32)33/h30H,3-29H2,1-2H3,(H,32,33). The van der Waals surface area contributed by atoms with Crippen LogP contribution in [0.3, 0.4) is 0 Å². The van der Waals surface area contributed by atoms with Gasteiger partial charge in [-0.05, 0) is 6.42 Å². The molecule has 0 rings (SSSR count). The van der Waals surface area contributed by atoms with Crippen molar-refractivity contribution in [2.75, 3.05) is 0 Å². The summed E-state index contributed by atoms with van der Waals surface area (Å²) in [6, 6.07) is 0. The second-order valence-electron chi connectivity index (χ2n) is 10.9. The molecule has 0 radical (unpaired) electrons. The Hall–Kier alpha value is -0.530. The van der Waals surface area contributed by atoms with Crippen LogP contribution in [-0.4, -0.2) is 11.1 Å². The van der Waals surface area contributed by atoms with E-state index in [1.54, 1.807) is 0 Å². The molecule has 1 unspecified atom stereocenters. The highest BCUT2D eigenvalue weighted by Crippen LogP contribution is 2.16. The number of hydrogen-bond donors (Lipinski definition) is 1. The Morgan fingerprint density at radius 1 is 0.455 bits per heavy atom. The Bertz CT molecular complexity index is 379. The lowest BCUT2D eigenvalue weighted by Crippen LogP contribution is -2.08. The molecule has 0 amide bonds. The van der Waals surface area contributed by atoms with Gasteiger partial charge in [0.2, 0.25) is 0 Å². The van der Waals surface area contributed by atoms with Crippen LogP contribution in [0, 0.1) is 5.92 Å². The van der Waals surface area contributed by atoms with Crippen LogP contribution in [0.15, 0.2) is 0 Å². The van der Waals surface area contributed by atoms with Crippen LogP contribution in [-0.2, 0) is 4.79 Å². The van der Waals surface area contributed by atoms with Crippen LogP contribution >= 0.6 is 0 Å². The lowest BCUT2D eigenvalue weighted by atomic mass is 10.0. The molecule has 0 aliphatic carbocycles. The summed E-state index contributed by atoms with van der Waals surface area (Å²) in [7, 11) is 0. The van der Waals surface area contributed by atoms with E-state index >= 15 is 0 Å². The number of carbonyl (C=O) groups is 1. The number of unbranched alkanes of at least 4 members (excludes halogenated alkanes) is 25. The predicted octanol–water partition coefficient (Wildman–Crippen LogP) is 11.3. The average molecular weight is 467 g/mol. The number of aliphatic carboxylic acids is 1. The Morgan fingerprint density at radius 2 is 0.667 bits per heavy atom. The van der Waals surface area contributed by atoms with Crippen LogP contribution in [0.1, 0.15) is 187 Å². The summed E-state index contributed by atoms with van der Waals surface area (Å²) in [5.74, 6) is -0.811. The van der Waals surface area contributed by atoms with E-state index in [1.807, 2.05) is 6.92 Å². The van der Waals surface area contributed by atoms with Gasteiger partial charge in [0.25, 0.3) is 0 Å². The van der Waals surface area contributed by atoms with Gasteiger partial charge in [-0.15, -0.1) is 0 Å². The van der Waals surface area contributed by atoms with E-state index in [2.05, 4.69) is 6.92 Å². The van der Waals surface area contributed by atoms with E-state index in [4.69, 9.17) is 5.11 Å². The van der Waals surface area contributed by atoms with Gasteiger partial charge in [0.1, 0.15) is 0 Å². The monoisotopic (exact) mass is 466 g/mol. The average Bonchev–Trinajstić information content (AvgIpc) is 2.81. The molecule has 0 aliphatic rings. The molecule has 198 valence electrons. The van der Waals surface area contributed by atoms with Crippen molar-refractivity contribution in [1.29, 1.82) is 0 Å². The smallest absolute Gasteiger partial charge is 0.306 e. The third-order valence-corrected chi connectivity index (χ3v) is 7.41. The summed E-state index contributed by atoms with van der Waals surface area (Å²) in [4.78, 5) is 10.8. The van der Waals surface area contributed by atoms with E-state index < -0.39 is 5.97 Å². The van der Waals surface area contributed by atoms with Crippen molar-refractivity contribution in [2.45, 2.75) is 187 Å². The van der Waals surface area contributed by atoms with E-state index in [1.165, 1.54) is 161 Å². The first-order valence-corrected chi connectivity index (χ1v) is 15.4. The molecule has 0 bridgehead atoms. The predicted molar refractivity (Wildman–Crippen MR) is 147 cm³/mol. The quantitative estimate of drug-likeness (QED) is 0.116. The highest BCUT2D eigenvalue weighted by atomic mass is 16.4. The highest BCUT2D eigenvalue weighted by molar-refractivity contribution is 5.69. The Balaban J connectivity index is 3.04. The van der Waals surface area contributed by atoms with Crippen molar-refractivity contribution in [3.05, 3.63) is 0 Å². The second kappa shape index (κ2) is 27.7. The molecule has 0 aliphatic heterocycles. The first-order valence-electron chi connectivity index (χ1n) is 15.4. The molecule has 33 heavy (non-hydrogen) atoms. The van der Waals surface area contributed by atoms with E-state index in [9.17, 15) is 4.79 Å². The normalized spacial score (nSPS) is 12.3. The van der Waals surface area contributed by atoms with Crippen LogP contribution in [0.25, 0.3) is 0 Å². The van der Waals surface area contributed by atoms with Crippen molar-refractivity contribution in [3.63, 3.8) is 0 Å². The summed E-state index contributed by atoms with van der Waals surface area (Å²) in [5.41, 5.74) is 0. The number of rotatable bonds is 28. The zero-order chi connectivity index (χ0) is 24.2. The van der Waals surface area contributed by atoms with Gasteiger partial charge in [-0.25, -0.2) is 0 Å². The van der Waals surface area contributed by atoms with Crippen LogP contribution in [0.2, 0.25) is 0 Å². The third-order valence-electron chi connectivity index (χ3n) is 7.41. The second-order valence-corrected chi connectivity index (χ2v) is 10.9. The summed E-state index contributed by atoms with van der Waals surface area (Å²) in [6.07, 6.45) is 37.5. The van der Waals surface area contributed by atoms with Crippen molar-refractivity contribution < 1.29 is 9.90 Å². The molecule has 0 aromatic heterocycles. The van der Waals surface area contributed by atoms with Crippen molar-refractivity contribution >= 4 is 5.97 Å². The zero-order valence-corrected chi connectivity index (χ0v) is 23.0. The molecule has 0 spiro atoms. The molecule has 0 aromatic carbocycles. The lowest BCUT2D eigenvalue weighted by molar-refractivity contribution is -0.141. The number of carboxylic acids is 1. The van der Waals surface area contributed by atoms with Crippen molar-refractivity contribution in [2.24, 2.45) is 5.92 Å². The molecule has 2 nitrogen and oxygen atoms in total. The molecular formula is C31H62O2. The minimum atomic E-state index is -0.644. The molecule has 0 heterocycles. The van der Waals surface area contributed by atoms with E-state index in [-0.39, 0.29) is 5.92 Å². The van der Waals surface area contributed by atoms with Gasteiger partial charge in [0, 0.05) is 0 Å². The zero-order valence-electron chi connectivity index (χ0n) is 23.0. The molecule has 1 atom stereocenters. The maximum Gasteiger partial charge on any atom is 0.306 e. The molecule has 0 aromatic rings. The van der Waals surface area contributed by atoms with Crippen molar-refractivity contribution in [3.8, 4) is 0 Å². The Morgan fingerprint density at radius 3 is 0.879 bits per heavy atom. The van der Waals surface area contributed by atoms with Gasteiger partial charge in [0.15, 0.2) is 0 Å². The van der Waals surface area contributed by atoms with Gasteiger partial charge < -0.3 is 5.11 Å². The Labute approximate surface area is 209 Å². The third kappa shape index (κ3) is 27.6. The SMILES string of the molecule is CCCCCCCCCCCCCCCCCCCCCCCCCCCCC(C)C(=O)O. The first-order chi connectivity index (χ1) is 16.2. The van der Waals surface area contributed by atoms with Gasteiger partial charge >= 0.3 is 5.97 Å². The van der Waals surface area contributed by atoms with Crippen LogP contribution in [0.5, 0.6) is 0 Å². The molecule has 1 N–H and O–H groups in total. The van der Waals surface area contributed by atoms with Crippen molar-refractivity contribution in [1.82, 2.24) is 0 Å². The molecular weight excluding hydrogens is 404 g/mol. The summed E-state index contributed by atoms with van der Waals surface area (Å²) in [5, 5.41) is 8.87. The summed E-state index contributed by atoms with van der Waals surface area (Å²) < 4.78 is 0. The minimum Gasteiger partial charge on any atom is -0.481 e. The maximum atomic E-state index is 10.8. The maximum absolute atomic E-state index is 10.8. The number of hydrogen-bond acceptors (Lipinski definition) is 1. The van der Waals surface area contributed by atoms with Crippen LogP contribution in [0.4, 0.5) is 0 Å².